The van der Waals surface area contributed by atoms with E-state index in [-0.39, 0.29) is 11.1 Å². The maximum atomic E-state index is 12.8. The van der Waals surface area contributed by atoms with E-state index in [0.29, 0.717) is 12.1 Å². The summed E-state index contributed by atoms with van der Waals surface area (Å²) >= 11 is 9.47. The van der Waals surface area contributed by atoms with Crippen molar-refractivity contribution in [3.05, 3.63) is 62.8 Å². The fraction of sp³-hybridized carbons (Fsp3) is 0.368. The predicted molar refractivity (Wildman–Crippen MR) is 104 cm³/mol. The molecule has 0 saturated carbocycles. The van der Waals surface area contributed by atoms with E-state index in [0.717, 1.165) is 37.1 Å². The van der Waals surface area contributed by atoms with Gasteiger partial charge in [0.15, 0.2) is 0 Å². The highest BCUT2D eigenvalue weighted by Gasteiger charge is 2.23. The molecule has 1 aromatic heterocycles. The number of pyridine rings is 1. The molecule has 1 aliphatic heterocycles. The Balaban J connectivity index is 1.66. The van der Waals surface area contributed by atoms with E-state index < -0.39 is 0 Å². The zero-order chi connectivity index (χ0) is 17.8. The van der Waals surface area contributed by atoms with Gasteiger partial charge in [0, 0.05) is 43.4 Å². The Hall–Kier alpha value is -1.43. The molecule has 0 spiro atoms. The Morgan fingerprint density at radius 3 is 2.84 bits per heavy atom. The summed E-state index contributed by atoms with van der Waals surface area (Å²) in [6, 6.07) is 10.2. The molecule has 0 aliphatic carbocycles. The monoisotopic (exact) mass is 421 g/mol. The summed E-state index contributed by atoms with van der Waals surface area (Å²) in [7, 11) is 0. The molecule has 1 fully saturated rings. The molecule has 0 N–H and O–H groups in total. The predicted octanol–water partition coefficient (Wildman–Crippen LogP) is 4.15. The largest absolute Gasteiger partial charge is 0.337 e. The van der Waals surface area contributed by atoms with Crippen LogP contribution in [0.4, 0.5) is 0 Å². The molecule has 0 atom stereocenters. The minimum Gasteiger partial charge on any atom is -0.337 e. The molecule has 6 heteroatoms. The van der Waals surface area contributed by atoms with Gasteiger partial charge in [0.05, 0.1) is 5.56 Å². The van der Waals surface area contributed by atoms with Crippen LogP contribution in [-0.2, 0) is 6.54 Å². The lowest BCUT2D eigenvalue weighted by atomic mass is 10.1. The van der Waals surface area contributed by atoms with Crippen molar-refractivity contribution < 1.29 is 4.79 Å². The van der Waals surface area contributed by atoms with Gasteiger partial charge in [-0.3, -0.25) is 9.69 Å². The topological polar surface area (TPSA) is 36.4 Å². The van der Waals surface area contributed by atoms with Crippen LogP contribution in [0.3, 0.4) is 0 Å². The zero-order valence-electron chi connectivity index (χ0n) is 14.2. The molecule has 0 bridgehead atoms. The molecule has 132 valence electrons. The fourth-order valence-corrected chi connectivity index (χ4v) is 3.62. The molecule has 1 amide bonds. The number of carbonyl (C=O) groups is 1. The van der Waals surface area contributed by atoms with Crippen molar-refractivity contribution in [2.45, 2.75) is 19.9 Å². The molecule has 1 saturated heterocycles. The van der Waals surface area contributed by atoms with Crippen LogP contribution in [0.15, 0.2) is 41.0 Å². The van der Waals surface area contributed by atoms with E-state index in [1.807, 2.05) is 4.90 Å². The molecule has 1 aliphatic rings. The van der Waals surface area contributed by atoms with Gasteiger partial charge in [-0.2, -0.15) is 0 Å². The van der Waals surface area contributed by atoms with Crippen LogP contribution in [0, 0.1) is 6.92 Å². The summed E-state index contributed by atoms with van der Waals surface area (Å²) in [4.78, 5) is 21.2. The SMILES string of the molecule is Cc1ccccc1CN1CCCN(C(=O)c2cc(Br)cnc2Cl)CC1. The highest BCUT2D eigenvalue weighted by atomic mass is 79.9. The van der Waals surface area contributed by atoms with E-state index in [1.165, 1.54) is 11.1 Å². The standard InChI is InChI=1S/C19H21BrClN3O/c1-14-5-2-3-6-15(14)13-23-7-4-8-24(10-9-23)19(25)17-11-16(20)12-22-18(17)21/h2-3,5-6,11-12H,4,7-10,13H2,1H3. The highest BCUT2D eigenvalue weighted by Crippen LogP contribution is 2.21. The van der Waals surface area contributed by atoms with Gasteiger partial charge < -0.3 is 4.90 Å². The highest BCUT2D eigenvalue weighted by molar-refractivity contribution is 9.10. The van der Waals surface area contributed by atoms with E-state index >= 15 is 0 Å². The van der Waals surface area contributed by atoms with E-state index in [4.69, 9.17) is 11.6 Å². The molecule has 2 aromatic rings. The number of amides is 1. The number of aryl methyl sites for hydroxylation is 1. The van der Waals surface area contributed by atoms with Gasteiger partial charge in [0.25, 0.3) is 5.91 Å². The Bertz CT molecular complexity index is 768. The minimum atomic E-state index is -0.0449. The Morgan fingerprint density at radius 1 is 1.24 bits per heavy atom. The lowest BCUT2D eigenvalue weighted by Crippen LogP contribution is -2.35. The number of hydrogen-bond donors (Lipinski definition) is 0. The van der Waals surface area contributed by atoms with Crippen molar-refractivity contribution in [3.63, 3.8) is 0 Å². The fourth-order valence-electron chi connectivity index (χ4n) is 3.10. The summed E-state index contributed by atoms with van der Waals surface area (Å²) in [5, 5.41) is 0.259. The third-order valence-electron chi connectivity index (χ3n) is 4.57. The lowest BCUT2D eigenvalue weighted by Gasteiger charge is -2.23. The molecule has 4 nitrogen and oxygen atoms in total. The minimum absolute atomic E-state index is 0.0449. The normalized spacial score (nSPS) is 15.9. The van der Waals surface area contributed by atoms with Crippen molar-refractivity contribution in [2.75, 3.05) is 26.2 Å². The van der Waals surface area contributed by atoms with Gasteiger partial charge in [0.1, 0.15) is 5.15 Å². The van der Waals surface area contributed by atoms with Crippen LogP contribution in [0.2, 0.25) is 5.15 Å². The first-order valence-corrected chi connectivity index (χ1v) is 9.59. The Labute approximate surface area is 161 Å². The second-order valence-electron chi connectivity index (χ2n) is 6.34. The van der Waals surface area contributed by atoms with Crippen molar-refractivity contribution in [3.8, 4) is 0 Å². The zero-order valence-corrected chi connectivity index (χ0v) is 16.6. The Kier molecular flexibility index (Phi) is 6.10. The second kappa shape index (κ2) is 8.30. The first-order chi connectivity index (χ1) is 12.0. The maximum Gasteiger partial charge on any atom is 0.257 e. The van der Waals surface area contributed by atoms with Gasteiger partial charge in [-0.15, -0.1) is 0 Å². The van der Waals surface area contributed by atoms with Crippen molar-refractivity contribution >= 4 is 33.4 Å². The summed E-state index contributed by atoms with van der Waals surface area (Å²) in [5.41, 5.74) is 3.12. The van der Waals surface area contributed by atoms with Crippen LogP contribution < -0.4 is 0 Å². The first-order valence-electron chi connectivity index (χ1n) is 8.42. The molecule has 0 radical (unpaired) electrons. The van der Waals surface area contributed by atoms with Crippen LogP contribution >= 0.6 is 27.5 Å². The number of hydrogen-bond acceptors (Lipinski definition) is 3. The molecule has 2 heterocycles. The van der Waals surface area contributed by atoms with Gasteiger partial charge in [-0.25, -0.2) is 4.98 Å². The van der Waals surface area contributed by atoms with Crippen LogP contribution in [-0.4, -0.2) is 46.9 Å². The number of aromatic nitrogens is 1. The first kappa shape index (κ1) is 18.4. The summed E-state index contributed by atoms with van der Waals surface area (Å²) < 4.78 is 0.760. The van der Waals surface area contributed by atoms with Crippen molar-refractivity contribution in [2.24, 2.45) is 0 Å². The van der Waals surface area contributed by atoms with Gasteiger partial charge in [0.2, 0.25) is 0 Å². The summed E-state index contributed by atoms with van der Waals surface area (Å²) in [6.45, 7) is 6.36. The summed E-state index contributed by atoms with van der Waals surface area (Å²) in [5.74, 6) is -0.0449. The van der Waals surface area contributed by atoms with Gasteiger partial charge in [-0.1, -0.05) is 35.9 Å². The average Bonchev–Trinajstić information content (AvgIpc) is 2.84. The number of halogens is 2. The lowest BCUT2D eigenvalue weighted by molar-refractivity contribution is 0.0761. The van der Waals surface area contributed by atoms with Gasteiger partial charge in [-0.05, 0) is 46.5 Å². The van der Waals surface area contributed by atoms with Crippen molar-refractivity contribution in [1.29, 1.82) is 0 Å². The summed E-state index contributed by atoms with van der Waals surface area (Å²) in [6.07, 6.45) is 2.56. The smallest absolute Gasteiger partial charge is 0.257 e. The molecule has 3 rings (SSSR count). The van der Waals surface area contributed by atoms with Crippen LogP contribution in [0.25, 0.3) is 0 Å². The van der Waals surface area contributed by atoms with E-state index in [9.17, 15) is 4.79 Å². The molecular weight excluding hydrogens is 402 g/mol. The third-order valence-corrected chi connectivity index (χ3v) is 5.30. The second-order valence-corrected chi connectivity index (χ2v) is 7.61. The molecule has 1 aromatic carbocycles. The number of rotatable bonds is 3. The molecular formula is C19H21BrClN3O. The number of benzene rings is 1. The quantitative estimate of drug-likeness (QED) is 0.697. The third kappa shape index (κ3) is 4.60. The molecule has 25 heavy (non-hydrogen) atoms. The van der Waals surface area contributed by atoms with Crippen LogP contribution in [0.1, 0.15) is 27.9 Å². The average molecular weight is 423 g/mol. The van der Waals surface area contributed by atoms with Crippen molar-refractivity contribution in [1.82, 2.24) is 14.8 Å². The number of nitrogens with zero attached hydrogens (tertiary/aromatic N) is 3. The van der Waals surface area contributed by atoms with E-state index in [2.05, 4.69) is 57.0 Å². The maximum absolute atomic E-state index is 12.8. The Morgan fingerprint density at radius 2 is 2.04 bits per heavy atom. The molecule has 0 unspecified atom stereocenters. The number of carbonyl (C=O) groups excluding carboxylic acids is 1. The van der Waals surface area contributed by atoms with Crippen LogP contribution in [0.5, 0.6) is 0 Å². The van der Waals surface area contributed by atoms with E-state index in [1.54, 1.807) is 12.3 Å². The van der Waals surface area contributed by atoms with Gasteiger partial charge >= 0.3 is 0 Å².